The number of nitrogens with one attached hydrogen (secondary N) is 1. The molecule has 0 spiro atoms. The van der Waals surface area contributed by atoms with Gasteiger partial charge in [0.05, 0.1) is 4.92 Å². The summed E-state index contributed by atoms with van der Waals surface area (Å²) >= 11 is 8.84. The molecule has 0 atom stereocenters. The Kier molecular flexibility index (Phi) is 4.93. The monoisotopic (exact) mass is 368 g/mol. The highest BCUT2D eigenvalue weighted by Crippen LogP contribution is 2.22. The summed E-state index contributed by atoms with van der Waals surface area (Å²) in [4.78, 5) is 22.4. The summed E-state index contributed by atoms with van der Waals surface area (Å²) in [6.45, 7) is 0. The van der Waals surface area contributed by atoms with Gasteiger partial charge < -0.3 is 5.32 Å². The molecule has 5 nitrogen and oxygen atoms in total. The van der Waals surface area contributed by atoms with Crippen LogP contribution in [0, 0.1) is 10.1 Å². The fraction of sp³-hybridized carbons (Fsp3) is 0.0714. The summed E-state index contributed by atoms with van der Waals surface area (Å²) in [5.74, 6) is -0.0236. The van der Waals surface area contributed by atoms with Crippen LogP contribution < -0.4 is 5.32 Å². The van der Waals surface area contributed by atoms with Gasteiger partial charge >= 0.3 is 0 Å². The molecule has 1 N–H and O–H groups in total. The normalized spacial score (nSPS) is 10.2. The quantitative estimate of drug-likeness (QED) is 0.495. The summed E-state index contributed by atoms with van der Waals surface area (Å²) in [6, 6.07) is 11.1. The topological polar surface area (TPSA) is 72.2 Å². The van der Waals surface area contributed by atoms with Crippen LogP contribution in [-0.4, -0.2) is 10.8 Å². The molecule has 0 heterocycles. The number of anilines is 1. The molecular formula is C14H10BrClN2O3. The molecule has 0 aliphatic heterocycles. The van der Waals surface area contributed by atoms with Crippen LogP contribution in [0.4, 0.5) is 11.4 Å². The van der Waals surface area contributed by atoms with Gasteiger partial charge in [0.1, 0.15) is 0 Å². The minimum absolute atomic E-state index is 0.146. The molecule has 7 heteroatoms. The number of nitrogens with zero attached hydrogens (tertiary/aromatic N) is 1. The highest BCUT2D eigenvalue weighted by molar-refractivity contribution is 9.10. The van der Waals surface area contributed by atoms with Crippen LogP contribution in [0.25, 0.3) is 0 Å². The number of alkyl halides is 1. The van der Waals surface area contributed by atoms with Crippen molar-refractivity contribution in [2.24, 2.45) is 0 Å². The minimum Gasteiger partial charge on any atom is -0.322 e. The minimum atomic E-state index is -0.545. The fourth-order valence-corrected chi connectivity index (χ4v) is 2.35. The van der Waals surface area contributed by atoms with E-state index in [0.717, 1.165) is 5.56 Å². The Hall–Kier alpha value is -1.92. The smallest absolute Gasteiger partial charge is 0.271 e. The van der Waals surface area contributed by atoms with Gasteiger partial charge in [-0.15, -0.1) is 11.6 Å². The second-order valence-electron chi connectivity index (χ2n) is 4.24. The largest absolute Gasteiger partial charge is 0.322 e. The molecule has 0 aliphatic carbocycles. The van der Waals surface area contributed by atoms with Crippen molar-refractivity contribution in [1.82, 2.24) is 0 Å². The number of nitro groups is 1. The lowest BCUT2D eigenvalue weighted by molar-refractivity contribution is -0.384. The van der Waals surface area contributed by atoms with E-state index < -0.39 is 10.8 Å². The zero-order valence-corrected chi connectivity index (χ0v) is 13.0. The second kappa shape index (κ2) is 6.69. The number of amides is 1. The van der Waals surface area contributed by atoms with E-state index in [2.05, 4.69) is 21.2 Å². The molecule has 0 aromatic heterocycles. The third-order valence-corrected chi connectivity index (χ3v) is 3.49. The van der Waals surface area contributed by atoms with Gasteiger partial charge in [-0.1, -0.05) is 28.1 Å². The summed E-state index contributed by atoms with van der Waals surface area (Å²) in [7, 11) is 0. The average molecular weight is 370 g/mol. The Morgan fingerprint density at radius 2 is 1.90 bits per heavy atom. The Morgan fingerprint density at radius 1 is 1.24 bits per heavy atom. The van der Waals surface area contributed by atoms with Crippen molar-refractivity contribution in [2.45, 2.75) is 5.88 Å². The highest BCUT2D eigenvalue weighted by atomic mass is 79.9. The van der Waals surface area contributed by atoms with Crippen molar-refractivity contribution in [1.29, 1.82) is 0 Å². The Morgan fingerprint density at radius 3 is 2.48 bits per heavy atom. The third kappa shape index (κ3) is 4.03. The lowest BCUT2D eigenvalue weighted by Gasteiger charge is -2.06. The lowest BCUT2D eigenvalue weighted by Crippen LogP contribution is -2.12. The van der Waals surface area contributed by atoms with Gasteiger partial charge in [0, 0.05) is 33.7 Å². The first-order chi connectivity index (χ1) is 9.99. The number of benzene rings is 2. The van der Waals surface area contributed by atoms with Crippen LogP contribution >= 0.6 is 27.5 Å². The number of halogens is 2. The van der Waals surface area contributed by atoms with E-state index in [9.17, 15) is 14.9 Å². The van der Waals surface area contributed by atoms with Crippen molar-refractivity contribution in [3.63, 3.8) is 0 Å². The molecule has 0 radical (unpaired) electrons. The molecule has 0 saturated carbocycles. The van der Waals surface area contributed by atoms with Gasteiger partial charge in [-0.05, 0) is 23.8 Å². The molecule has 0 saturated heterocycles. The molecular weight excluding hydrogens is 360 g/mol. The predicted octanol–water partition coefficient (Wildman–Crippen LogP) is 4.35. The van der Waals surface area contributed by atoms with Gasteiger partial charge in [-0.3, -0.25) is 14.9 Å². The van der Waals surface area contributed by atoms with Crippen LogP contribution in [-0.2, 0) is 5.88 Å². The number of hydrogen-bond acceptors (Lipinski definition) is 3. The standard InChI is InChI=1S/C14H10BrClN2O3/c15-11-5-10(6-13(7-11)18(20)21)14(19)17-12-3-1-9(8-16)2-4-12/h1-7H,8H2,(H,17,19). The molecule has 0 aliphatic rings. The van der Waals surface area contributed by atoms with Crippen molar-refractivity contribution in [3.05, 3.63) is 68.2 Å². The van der Waals surface area contributed by atoms with Crippen LogP contribution in [0.2, 0.25) is 0 Å². The summed E-state index contributed by atoms with van der Waals surface area (Å²) < 4.78 is 0.472. The lowest BCUT2D eigenvalue weighted by atomic mass is 10.1. The molecule has 108 valence electrons. The maximum absolute atomic E-state index is 12.1. The van der Waals surface area contributed by atoms with E-state index in [-0.39, 0.29) is 11.3 Å². The molecule has 0 bridgehead atoms. The summed E-state index contributed by atoms with van der Waals surface area (Å²) in [5, 5.41) is 13.5. The predicted molar refractivity (Wildman–Crippen MR) is 84.7 cm³/mol. The molecule has 21 heavy (non-hydrogen) atoms. The fourth-order valence-electron chi connectivity index (χ4n) is 1.69. The summed E-state index contributed by atoms with van der Waals surface area (Å²) in [6.07, 6.45) is 0. The van der Waals surface area contributed by atoms with E-state index in [1.54, 1.807) is 24.3 Å². The number of hydrogen-bond donors (Lipinski definition) is 1. The zero-order chi connectivity index (χ0) is 15.4. The number of non-ortho nitro benzene ring substituents is 1. The Balaban J connectivity index is 2.21. The van der Waals surface area contributed by atoms with Crippen molar-refractivity contribution < 1.29 is 9.72 Å². The van der Waals surface area contributed by atoms with E-state index >= 15 is 0 Å². The number of carbonyl (C=O) groups is 1. The molecule has 2 aromatic carbocycles. The van der Waals surface area contributed by atoms with E-state index in [4.69, 9.17) is 11.6 Å². The third-order valence-electron chi connectivity index (χ3n) is 2.72. The van der Waals surface area contributed by atoms with Gasteiger partial charge in [0.2, 0.25) is 0 Å². The maximum Gasteiger partial charge on any atom is 0.271 e. The molecule has 2 rings (SSSR count). The molecule has 1 amide bonds. The summed E-state index contributed by atoms with van der Waals surface area (Å²) in [5.41, 5.74) is 1.59. The van der Waals surface area contributed by atoms with Crippen LogP contribution in [0.1, 0.15) is 15.9 Å². The SMILES string of the molecule is O=C(Nc1ccc(CCl)cc1)c1cc(Br)cc([N+](=O)[O-])c1. The van der Waals surface area contributed by atoms with E-state index in [1.165, 1.54) is 18.2 Å². The highest BCUT2D eigenvalue weighted by Gasteiger charge is 2.14. The number of carbonyl (C=O) groups excluding carboxylic acids is 1. The van der Waals surface area contributed by atoms with Crippen molar-refractivity contribution in [3.8, 4) is 0 Å². The van der Waals surface area contributed by atoms with Crippen LogP contribution in [0.5, 0.6) is 0 Å². The van der Waals surface area contributed by atoms with E-state index in [0.29, 0.717) is 16.0 Å². The first kappa shape index (κ1) is 15.5. The van der Waals surface area contributed by atoms with Gasteiger partial charge in [-0.25, -0.2) is 0 Å². The first-order valence-corrected chi connectivity index (χ1v) is 7.23. The second-order valence-corrected chi connectivity index (χ2v) is 5.42. The van der Waals surface area contributed by atoms with Crippen LogP contribution in [0.15, 0.2) is 46.9 Å². The average Bonchev–Trinajstić information content (AvgIpc) is 2.47. The van der Waals surface area contributed by atoms with Crippen LogP contribution in [0.3, 0.4) is 0 Å². The zero-order valence-electron chi connectivity index (χ0n) is 10.7. The van der Waals surface area contributed by atoms with Gasteiger partial charge in [0.25, 0.3) is 11.6 Å². The van der Waals surface area contributed by atoms with Crippen molar-refractivity contribution >= 4 is 44.8 Å². The maximum atomic E-state index is 12.1. The number of nitro benzene ring substituents is 1. The molecule has 2 aromatic rings. The Bertz CT molecular complexity index is 689. The molecule has 0 fully saturated rings. The first-order valence-electron chi connectivity index (χ1n) is 5.91. The Labute approximate surface area is 134 Å². The van der Waals surface area contributed by atoms with Crippen molar-refractivity contribution in [2.75, 3.05) is 5.32 Å². The van der Waals surface area contributed by atoms with E-state index in [1.807, 2.05) is 0 Å². The molecule has 0 unspecified atom stereocenters. The van der Waals surface area contributed by atoms with Gasteiger partial charge in [0.15, 0.2) is 0 Å². The van der Waals surface area contributed by atoms with Gasteiger partial charge in [-0.2, -0.15) is 0 Å². The number of rotatable bonds is 4.